The van der Waals surface area contributed by atoms with Crippen LogP contribution in [0.4, 0.5) is 5.69 Å². The van der Waals surface area contributed by atoms with Crippen molar-refractivity contribution in [2.24, 2.45) is 11.5 Å². The Bertz CT molecular complexity index is 631. The first kappa shape index (κ1) is 16.2. The van der Waals surface area contributed by atoms with Gasteiger partial charge in [0, 0.05) is 0 Å². The van der Waals surface area contributed by atoms with Crippen LogP contribution in [-0.2, 0) is 19.6 Å². The Labute approximate surface area is 120 Å². The van der Waals surface area contributed by atoms with Gasteiger partial charge in [0.1, 0.15) is 0 Å². The largest absolute Gasteiger partial charge is 0.397 e. The van der Waals surface area contributed by atoms with Crippen LogP contribution in [0.1, 0.15) is 0 Å². The van der Waals surface area contributed by atoms with Crippen molar-refractivity contribution in [2.45, 2.75) is 4.90 Å². The van der Waals surface area contributed by atoms with Gasteiger partial charge in [0.05, 0.1) is 28.7 Å². The highest BCUT2D eigenvalue weighted by Gasteiger charge is 2.27. The number of halogens is 1. The number of benzene rings is 1. The van der Waals surface area contributed by atoms with E-state index in [0.29, 0.717) is 4.31 Å². The van der Waals surface area contributed by atoms with E-state index in [1.54, 1.807) is 0 Å². The van der Waals surface area contributed by atoms with Crippen LogP contribution >= 0.6 is 11.6 Å². The maximum atomic E-state index is 12.3. The topological polar surface area (TPSA) is 150 Å². The van der Waals surface area contributed by atoms with Crippen LogP contribution in [0, 0.1) is 0 Å². The standard InChI is InChI=1S/C10H13ClN4O4S/c11-7-2-1-6(3-8(7)12)20(18,19)15(4-9(13)16)5-10(14)17/h1-3H,4-5,12H2,(H2,13,16)(H2,14,17). The first-order valence-corrected chi connectivity index (χ1v) is 7.08. The molecule has 110 valence electrons. The molecular weight excluding hydrogens is 308 g/mol. The number of rotatable bonds is 6. The number of carbonyl (C=O) groups excluding carboxylic acids is 2. The molecule has 2 amide bonds. The zero-order valence-corrected chi connectivity index (χ0v) is 11.8. The third kappa shape index (κ3) is 3.83. The molecule has 6 N–H and O–H groups in total. The minimum atomic E-state index is -4.14. The number of hydrogen-bond donors (Lipinski definition) is 3. The summed E-state index contributed by atoms with van der Waals surface area (Å²) in [6.45, 7) is -1.35. The van der Waals surface area contributed by atoms with E-state index in [2.05, 4.69) is 0 Å². The Kier molecular flexibility index (Phi) is 4.93. The van der Waals surface area contributed by atoms with Crippen LogP contribution in [0.15, 0.2) is 23.1 Å². The average molecular weight is 321 g/mol. The number of nitrogen functional groups attached to an aromatic ring is 1. The minimum absolute atomic E-state index is 0.0471. The lowest BCUT2D eigenvalue weighted by atomic mass is 10.3. The van der Waals surface area contributed by atoms with E-state index in [0.717, 1.165) is 6.07 Å². The molecule has 0 aliphatic carbocycles. The summed E-state index contributed by atoms with van der Waals surface area (Å²) in [5, 5.41) is 0.181. The molecule has 1 aromatic carbocycles. The third-order valence-electron chi connectivity index (χ3n) is 2.27. The highest BCUT2D eigenvalue weighted by Crippen LogP contribution is 2.24. The number of anilines is 1. The molecule has 0 heterocycles. The molecule has 1 rings (SSSR count). The van der Waals surface area contributed by atoms with Gasteiger partial charge < -0.3 is 17.2 Å². The lowest BCUT2D eigenvalue weighted by Gasteiger charge is -2.19. The Hall–Kier alpha value is -1.84. The molecule has 0 aromatic heterocycles. The van der Waals surface area contributed by atoms with E-state index in [9.17, 15) is 18.0 Å². The van der Waals surface area contributed by atoms with Crippen LogP contribution in [0.2, 0.25) is 5.02 Å². The summed E-state index contributed by atoms with van der Waals surface area (Å²) in [5.74, 6) is -1.84. The van der Waals surface area contributed by atoms with Crippen LogP contribution in [0.25, 0.3) is 0 Å². The molecule has 20 heavy (non-hydrogen) atoms. The molecule has 0 spiro atoms. The van der Waals surface area contributed by atoms with Crippen LogP contribution in [-0.4, -0.2) is 37.6 Å². The van der Waals surface area contributed by atoms with Crippen molar-refractivity contribution in [3.8, 4) is 0 Å². The van der Waals surface area contributed by atoms with E-state index in [-0.39, 0.29) is 15.6 Å². The fourth-order valence-electron chi connectivity index (χ4n) is 1.40. The number of nitrogens with zero attached hydrogens (tertiary/aromatic N) is 1. The number of nitrogens with two attached hydrogens (primary N) is 3. The lowest BCUT2D eigenvalue weighted by Crippen LogP contribution is -2.43. The number of hydrogen-bond acceptors (Lipinski definition) is 5. The van der Waals surface area contributed by atoms with E-state index in [1.165, 1.54) is 12.1 Å². The Morgan fingerprint density at radius 2 is 1.65 bits per heavy atom. The monoisotopic (exact) mass is 320 g/mol. The van der Waals surface area contributed by atoms with Gasteiger partial charge in [0.15, 0.2) is 0 Å². The molecule has 0 saturated carbocycles. The molecule has 0 fully saturated rings. The predicted molar refractivity (Wildman–Crippen MR) is 73.0 cm³/mol. The summed E-state index contributed by atoms with van der Waals surface area (Å²) in [7, 11) is -4.14. The number of primary amides is 2. The number of amides is 2. The first-order valence-electron chi connectivity index (χ1n) is 5.26. The molecule has 0 aliphatic rings. The highest BCUT2D eigenvalue weighted by molar-refractivity contribution is 7.89. The van der Waals surface area contributed by atoms with Crippen molar-refractivity contribution in [1.29, 1.82) is 0 Å². The second-order valence-electron chi connectivity index (χ2n) is 3.89. The SMILES string of the molecule is NC(=O)CN(CC(N)=O)S(=O)(=O)c1ccc(Cl)c(N)c1. The summed E-state index contributed by atoms with van der Waals surface area (Å²) in [6, 6.07) is 3.60. The summed E-state index contributed by atoms with van der Waals surface area (Å²) in [6.07, 6.45) is 0. The smallest absolute Gasteiger partial charge is 0.244 e. The Balaban J connectivity index is 3.24. The van der Waals surface area contributed by atoms with E-state index in [1.807, 2.05) is 0 Å². The molecule has 0 radical (unpaired) electrons. The van der Waals surface area contributed by atoms with Crippen molar-refractivity contribution in [3.63, 3.8) is 0 Å². The summed E-state index contributed by atoms with van der Waals surface area (Å²) in [4.78, 5) is 21.6. The van der Waals surface area contributed by atoms with Crippen molar-refractivity contribution >= 4 is 39.1 Å². The summed E-state index contributed by atoms with van der Waals surface area (Å²) >= 11 is 5.70. The van der Waals surface area contributed by atoms with Crippen molar-refractivity contribution in [3.05, 3.63) is 23.2 Å². The second-order valence-corrected chi connectivity index (χ2v) is 6.23. The van der Waals surface area contributed by atoms with E-state index < -0.39 is 34.9 Å². The van der Waals surface area contributed by atoms with E-state index in [4.69, 9.17) is 28.8 Å². The molecular formula is C10H13ClN4O4S. The maximum absolute atomic E-state index is 12.3. The van der Waals surface area contributed by atoms with Gasteiger partial charge >= 0.3 is 0 Å². The van der Waals surface area contributed by atoms with Gasteiger partial charge in [0.2, 0.25) is 21.8 Å². The van der Waals surface area contributed by atoms with Crippen LogP contribution < -0.4 is 17.2 Å². The van der Waals surface area contributed by atoms with Crippen molar-refractivity contribution in [1.82, 2.24) is 4.31 Å². The summed E-state index contributed by atoms with van der Waals surface area (Å²) in [5.41, 5.74) is 15.5. The van der Waals surface area contributed by atoms with Crippen LogP contribution in [0.3, 0.4) is 0 Å². The minimum Gasteiger partial charge on any atom is -0.397 e. The molecule has 8 nitrogen and oxygen atoms in total. The lowest BCUT2D eigenvalue weighted by molar-refractivity contribution is -0.120. The number of sulfonamides is 1. The molecule has 10 heteroatoms. The first-order chi connectivity index (χ1) is 9.14. The normalized spacial score (nSPS) is 11.5. The number of carbonyl (C=O) groups is 2. The molecule has 1 aromatic rings. The average Bonchev–Trinajstić information content (AvgIpc) is 2.30. The van der Waals surface area contributed by atoms with Gasteiger partial charge in [-0.05, 0) is 18.2 Å². The van der Waals surface area contributed by atoms with Crippen LogP contribution in [0.5, 0.6) is 0 Å². The summed E-state index contributed by atoms with van der Waals surface area (Å²) < 4.78 is 25.1. The van der Waals surface area contributed by atoms with Gasteiger partial charge in [-0.1, -0.05) is 11.6 Å². The Morgan fingerprint density at radius 1 is 1.15 bits per heavy atom. The van der Waals surface area contributed by atoms with Gasteiger partial charge in [-0.15, -0.1) is 0 Å². The fourth-order valence-corrected chi connectivity index (χ4v) is 2.93. The second kappa shape index (κ2) is 6.07. The molecule has 0 bridgehead atoms. The van der Waals surface area contributed by atoms with Gasteiger partial charge in [-0.3, -0.25) is 9.59 Å². The molecule has 0 unspecified atom stereocenters. The van der Waals surface area contributed by atoms with Crippen molar-refractivity contribution < 1.29 is 18.0 Å². The molecule has 0 atom stereocenters. The maximum Gasteiger partial charge on any atom is 0.244 e. The van der Waals surface area contributed by atoms with Gasteiger partial charge in [0.25, 0.3) is 0 Å². The fraction of sp³-hybridized carbons (Fsp3) is 0.200. The van der Waals surface area contributed by atoms with Crippen molar-refractivity contribution in [2.75, 3.05) is 18.8 Å². The third-order valence-corrected chi connectivity index (χ3v) is 4.40. The highest BCUT2D eigenvalue weighted by atomic mass is 35.5. The predicted octanol–water partition coefficient (Wildman–Crippen LogP) is -1.12. The zero-order valence-electron chi connectivity index (χ0n) is 10.2. The van der Waals surface area contributed by atoms with E-state index >= 15 is 0 Å². The quantitative estimate of drug-likeness (QED) is 0.567. The molecule has 0 aliphatic heterocycles. The van der Waals surface area contributed by atoms with Gasteiger partial charge in [-0.25, -0.2) is 8.42 Å². The molecule has 0 saturated heterocycles. The van der Waals surface area contributed by atoms with Gasteiger partial charge in [-0.2, -0.15) is 4.31 Å². The Morgan fingerprint density at radius 3 is 2.05 bits per heavy atom. The zero-order chi connectivity index (χ0) is 15.5.